The number of rotatable bonds is 6. The summed E-state index contributed by atoms with van der Waals surface area (Å²) in [6.45, 7) is 0.454. The first kappa shape index (κ1) is 18.6. The highest BCUT2D eigenvalue weighted by Crippen LogP contribution is 2.45. The molecule has 4 aromatic carbocycles. The smallest absolute Gasteiger partial charge is 0.127 e. The number of hydrogen-bond donors (Lipinski definition) is 1. The molecule has 0 aliphatic rings. The first-order valence-electron chi connectivity index (χ1n) is 9.49. The molecule has 0 atom stereocenters. The number of para-hydroxylation sites is 1. The maximum absolute atomic E-state index is 10.9. The molecule has 0 aliphatic heterocycles. The van der Waals surface area contributed by atoms with Crippen molar-refractivity contribution in [2.24, 2.45) is 0 Å². The normalized spacial score (nSPS) is 10.5. The fraction of sp³-hybridized carbons (Fsp3) is 0.0769. The highest BCUT2D eigenvalue weighted by atomic mass is 16.5. The topological polar surface area (TPSA) is 38.7 Å². The van der Waals surface area contributed by atoms with Gasteiger partial charge in [0.1, 0.15) is 23.9 Å². The first-order valence-corrected chi connectivity index (χ1v) is 9.49. The van der Waals surface area contributed by atoms with Gasteiger partial charge in [0.25, 0.3) is 0 Å². The Kier molecular flexibility index (Phi) is 5.48. The van der Waals surface area contributed by atoms with Crippen LogP contribution in [0.2, 0.25) is 0 Å². The molecule has 0 saturated carbocycles. The van der Waals surface area contributed by atoms with Crippen molar-refractivity contribution in [3.8, 4) is 39.5 Å². The zero-order valence-electron chi connectivity index (χ0n) is 16.2. The van der Waals surface area contributed by atoms with Gasteiger partial charge >= 0.3 is 0 Å². The molecule has 1 N–H and O–H groups in total. The van der Waals surface area contributed by atoms with E-state index in [9.17, 15) is 5.11 Å². The number of ether oxygens (including phenoxy) is 2. The average Bonchev–Trinajstić information content (AvgIpc) is 2.79. The summed E-state index contributed by atoms with van der Waals surface area (Å²) in [5.41, 5.74) is 4.53. The lowest BCUT2D eigenvalue weighted by atomic mass is 9.93. The zero-order chi connectivity index (χ0) is 20.1. The molecular weight excluding hydrogens is 360 g/mol. The highest BCUT2D eigenvalue weighted by molar-refractivity contribution is 5.90. The van der Waals surface area contributed by atoms with Gasteiger partial charge in [-0.2, -0.15) is 0 Å². The Morgan fingerprint density at radius 2 is 1.38 bits per heavy atom. The SMILES string of the molecule is COc1cc(O)c(-c2ccccc2OCc2ccccc2)c(-c2ccccc2)c1. The third-order valence-corrected chi connectivity index (χ3v) is 4.81. The maximum Gasteiger partial charge on any atom is 0.127 e. The standard InChI is InChI=1S/C26H22O3/c1-28-21-16-23(20-12-6-3-7-13-20)26(24(27)17-21)22-14-8-9-15-25(22)29-18-19-10-4-2-5-11-19/h2-17,27H,18H2,1H3. The molecule has 4 rings (SSSR count). The summed E-state index contributed by atoms with van der Waals surface area (Å²) >= 11 is 0. The second-order valence-electron chi connectivity index (χ2n) is 6.71. The van der Waals surface area contributed by atoms with Gasteiger partial charge in [0, 0.05) is 17.2 Å². The summed E-state index contributed by atoms with van der Waals surface area (Å²) in [7, 11) is 1.60. The van der Waals surface area contributed by atoms with Gasteiger partial charge in [-0.15, -0.1) is 0 Å². The van der Waals surface area contributed by atoms with Crippen molar-refractivity contribution in [2.45, 2.75) is 6.61 Å². The van der Waals surface area contributed by atoms with Crippen LogP contribution in [0.3, 0.4) is 0 Å². The van der Waals surface area contributed by atoms with Crippen LogP contribution in [0.1, 0.15) is 5.56 Å². The maximum atomic E-state index is 10.9. The van der Waals surface area contributed by atoms with Gasteiger partial charge in [0.05, 0.1) is 7.11 Å². The molecule has 0 heterocycles. The molecule has 0 saturated heterocycles. The van der Waals surface area contributed by atoms with Gasteiger partial charge in [-0.3, -0.25) is 0 Å². The summed E-state index contributed by atoms with van der Waals surface area (Å²) < 4.78 is 11.5. The molecule has 0 bridgehead atoms. The minimum Gasteiger partial charge on any atom is -0.507 e. The van der Waals surface area contributed by atoms with Crippen LogP contribution < -0.4 is 9.47 Å². The number of methoxy groups -OCH3 is 1. The summed E-state index contributed by atoms with van der Waals surface area (Å²) in [6, 6.07) is 31.4. The molecule has 0 amide bonds. The van der Waals surface area contributed by atoms with Crippen molar-refractivity contribution in [2.75, 3.05) is 7.11 Å². The van der Waals surface area contributed by atoms with E-state index in [4.69, 9.17) is 9.47 Å². The van der Waals surface area contributed by atoms with E-state index in [1.54, 1.807) is 13.2 Å². The van der Waals surface area contributed by atoms with Crippen LogP contribution in [0, 0.1) is 0 Å². The summed E-state index contributed by atoms with van der Waals surface area (Å²) in [5, 5.41) is 10.9. The van der Waals surface area contributed by atoms with Gasteiger partial charge < -0.3 is 14.6 Å². The lowest BCUT2D eigenvalue weighted by Crippen LogP contribution is -1.98. The Balaban J connectivity index is 1.81. The molecule has 3 heteroatoms. The van der Waals surface area contributed by atoms with Crippen molar-refractivity contribution in [3.63, 3.8) is 0 Å². The van der Waals surface area contributed by atoms with Gasteiger partial charge in [-0.1, -0.05) is 78.9 Å². The van der Waals surface area contributed by atoms with Crippen molar-refractivity contribution in [1.29, 1.82) is 0 Å². The van der Waals surface area contributed by atoms with Crippen molar-refractivity contribution >= 4 is 0 Å². The Hall–Kier alpha value is -3.72. The van der Waals surface area contributed by atoms with Crippen molar-refractivity contribution < 1.29 is 14.6 Å². The van der Waals surface area contributed by atoms with Gasteiger partial charge in [0.2, 0.25) is 0 Å². The van der Waals surface area contributed by atoms with E-state index in [2.05, 4.69) is 0 Å². The van der Waals surface area contributed by atoms with Crippen molar-refractivity contribution in [1.82, 2.24) is 0 Å². The molecule has 29 heavy (non-hydrogen) atoms. The molecule has 4 aromatic rings. The van der Waals surface area contributed by atoms with E-state index in [1.807, 2.05) is 91.0 Å². The Morgan fingerprint density at radius 1 is 0.724 bits per heavy atom. The first-order chi connectivity index (χ1) is 14.3. The minimum atomic E-state index is 0.152. The van der Waals surface area contributed by atoms with E-state index < -0.39 is 0 Å². The molecule has 0 aromatic heterocycles. The van der Waals surface area contributed by atoms with E-state index in [1.165, 1.54) is 0 Å². The van der Waals surface area contributed by atoms with Gasteiger partial charge in [-0.05, 0) is 28.8 Å². The lowest BCUT2D eigenvalue weighted by Gasteiger charge is -2.17. The van der Waals surface area contributed by atoms with Crippen molar-refractivity contribution in [3.05, 3.63) is 103 Å². The predicted octanol–water partition coefficient (Wildman–Crippen LogP) is 6.31. The summed E-state index contributed by atoms with van der Waals surface area (Å²) in [6.07, 6.45) is 0. The summed E-state index contributed by atoms with van der Waals surface area (Å²) in [5.74, 6) is 1.47. The van der Waals surface area contributed by atoms with Crippen LogP contribution in [0.5, 0.6) is 17.2 Å². The van der Waals surface area contributed by atoms with Crippen LogP contribution in [-0.2, 0) is 6.61 Å². The van der Waals surface area contributed by atoms with E-state index in [0.29, 0.717) is 18.1 Å². The molecular formula is C26H22O3. The number of phenolic OH excluding ortho intramolecular Hbond substituents is 1. The molecule has 0 aliphatic carbocycles. The molecule has 3 nitrogen and oxygen atoms in total. The van der Waals surface area contributed by atoms with Crippen LogP contribution in [0.4, 0.5) is 0 Å². The number of aromatic hydroxyl groups is 1. The quantitative estimate of drug-likeness (QED) is 0.424. The fourth-order valence-electron chi connectivity index (χ4n) is 3.38. The van der Waals surface area contributed by atoms with Crippen LogP contribution in [0.25, 0.3) is 22.3 Å². The molecule has 0 unspecified atom stereocenters. The van der Waals surface area contributed by atoms with E-state index in [-0.39, 0.29) is 5.75 Å². The molecule has 0 radical (unpaired) electrons. The monoisotopic (exact) mass is 382 g/mol. The number of phenols is 1. The van der Waals surface area contributed by atoms with E-state index in [0.717, 1.165) is 27.8 Å². The van der Waals surface area contributed by atoms with Crippen LogP contribution in [-0.4, -0.2) is 12.2 Å². The zero-order valence-corrected chi connectivity index (χ0v) is 16.2. The van der Waals surface area contributed by atoms with Crippen LogP contribution >= 0.6 is 0 Å². The molecule has 0 fully saturated rings. The lowest BCUT2D eigenvalue weighted by molar-refractivity contribution is 0.307. The van der Waals surface area contributed by atoms with Gasteiger partial charge in [0.15, 0.2) is 0 Å². The Bertz CT molecular complexity index is 1090. The number of hydrogen-bond acceptors (Lipinski definition) is 3. The van der Waals surface area contributed by atoms with Gasteiger partial charge in [-0.25, -0.2) is 0 Å². The Morgan fingerprint density at radius 3 is 2.10 bits per heavy atom. The summed E-state index contributed by atoms with van der Waals surface area (Å²) in [4.78, 5) is 0. The second-order valence-corrected chi connectivity index (χ2v) is 6.71. The second kappa shape index (κ2) is 8.53. The average molecular weight is 382 g/mol. The van der Waals surface area contributed by atoms with E-state index >= 15 is 0 Å². The predicted molar refractivity (Wildman–Crippen MR) is 116 cm³/mol. The molecule has 0 spiro atoms. The minimum absolute atomic E-state index is 0.152. The third kappa shape index (κ3) is 4.09. The van der Waals surface area contributed by atoms with Crippen LogP contribution in [0.15, 0.2) is 97.1 Å². The number of benzene rings is 4. The molecule has 144 valence electrons. The largest absolute Gasteiger partial charge is 0.507 e. The third-order valence-electron chi connectivity index (χ3n) is 4.81. The highest BCUT2D eigenvalue weighted by Gasteiger charge is 2.18. The fourth-order valence-corrected chi connectivity index (χ4v) is 3.38. The Labute approximate surface area is 170 Å².